The summed E-state index contributed by atoms with van der Waals surface area (Å²) in [5.41, 5.74) is 2.67. The summed E-state index contributed by atoms with van der Waals surface area (Å²) in [6.45, 7) is 0. The van der Waals surface area contributed by atoms with Crippen LogP contribution in [-0.4, -0.2) is 29.6 Å². The minimum Gasteiger partial charge on any atom is -0.143 e. The van der Waals surface area contributed by atoms with Gasteiger partial charge in [-0.15, -0.1) is 12.6 Å². The zero-order valence-electron chi connectivity index (χ0n) is 8.85. The standard InChI is InChI=1S/C13H12S.Na/c14-13-8-6-12(7-9-13)10-11-4-2-1-3-5-11;/h1-9,14H,10H2;. The maximum atomic E-state index is 4.26. The first kappa shape index (κ1) is 12.9. The molecule has 0 aliphatic rings. The molecule has 0 atom stereocenters. The quantitative estimate of drug-likeness (QED) is 0.586. The van der Waals surface area contributed by atoms with E-state index in [1.807, 2.05) is 18.2 Å². The molecule has 15 heavy (non-hydrogen) atoms. The van der Waals surface area contributed by atoms with E-state index >= 15 is 0 Å². The first-order valence-electron chi connectivity index (χ1n) is 4.66. The Hall–Kier alpha value is -0.210. The second-order valence-corrected chi connectivity index (χ2v) is 3.85. The Morgan fingerprint density at radius 1 is 0.733 bits per heavy atom. The molecule has 0 aliphatic carbocycles. The molecule has 0 nitrogen and oxygen atoms in total. The van der Waals surface area contributed by atoms with Crippen LogP contribution in [0.5, 0.6) is 0 Å². The smallest absolute Gasteiger partial charge is 0.00401 e. The number of hydrogen-bond donors (Lipinski definition) is 1. The van der Waals surface area contributed by atoms with E-state index in [1.165, 1.54) is 11.1 Å². The third-order valence-corrected chi connectivity index (χ3v) is 2.49. The minimum absolute atomic E-state index is 0. The number of thiol groups is 1. The molecule has 0 heterocycles. The summed E-state index contributed by atoms with van der Waals surface area (Å²) in [7, 11) is 0. The van der Waals surface area contributed by atoms with E-state index in [0.717, 1.165) is 11.3 Å². The third kappa shape index (κ3) is 4.04. The van der Waals surface area contributed by atoms with Crippen molar-refractivity contribution in [2.24, 2.45) is 0 Å². The van der Waals surface area contributed by atoms with Crippen LogP contribution in [0.4, 0.5) is 0 Å². The van der Waals surface area contributed by atoms with E-state index in [9.17, 15) is 0 Å². The van der Waals surface area contributed by atoms with Crippen LogP contribution in [0.3, 0.4) is 0 Å². The Kier molecular flexibility index (Phi) is 5.48. The maximum absolute atomic E-state index is 4.26. The van der Waals surface area contributed by atoms with Crippen LogP contribution in [0.25, 0.3) is 0 Å². The maximum Gasteiger partial charge on any atom is 0.00401 e. The van der Waals surface area contributed by atoms with Gasteiger partial charge in [0.15, 0.2) is 0 Å². The molecule has 0 aromatic heterocycles. The average molecular weight is 223 g/mol. The topological polar surface area (TPSA) is 0 Å². The van der Waals surface area contributed by atoms with Gasteiger partial charge in [0.25, 0.3) is 0 Å². The fourth-order valence-electron chi connectivity index (χ4n) is 1.45. The second-order valence-electron chi connectivity index (χ2n) is 3.33. The Morgan fingerprint density at radius 2 is 1.27 bits per heavy atom. The second kappa shape index (κ2) is 6.39. The molecule has 1 radical (unpaired) electrons. The summed E-state index contributed by atoms with van der Waals surface area (Å²) < 4.78 is 0. The Labute approximate surface area is 118 Å². The molecule has 0 bridgehead atoms. The van der Waals surface area contributed by atoms with Gasteiger partial charge in [-0.2, -0.15) is 0 Å². The van der Waals surface area contributed by atoms with Gasteiger partial charge in [0.2, 0.25) is 0 Å². The molecule has 0 unspecified atom stereocenters. The van der Waals surface area contributed by atoms with Gasteiger partial charge < -0.3 is 0 Å². The molecule has 0 amide bonds. The van der Waals surface area contributed by atoms with Crippen LogP contribution in [0.1, 0.15) is 11.1 Å². The molecule has 71 valence electrons. The minimum atomic E-state index is 0. The van der Waals surface area contributed by atoms with E-state index < -0.39 is 0 Å². The molecule has 0 saturated carbocycles. The van der Waals surface area contributed by atoms with Gasteiger partial charge in [-0.25, -0.2) is 0 Å². The Bertz CT molecular complexity index is 395. The summed E-state index contributed by atoms with van der Waals surface area (Å²) in [6, 6.07) is 18.8. The van der Waals surface area contributed by atoms with Gasteiger partial charge in [0.05, 0.1) is 0 Å². The van der Waals surface area contributed by atoms with Gasteiger partial charge in [-0.05, 0) is 29.7 Å². The fourth-order valence-corrected chi connectivity index (χ4v) is 1.59. The number of benzene rings is 2. The number of rotatable bonds is 2. The van der Waals surface area contributed by atoms with E-state index in [-0.39, 0.29) is 29.6 Å². The van der Waals surface area contributed by atoms with Crippen LogP contribution >= 0.6 is 12.6 Å². The largest absolute Gasteiger partial charge is 0.143 e. The van der Waals surface area contributed by atoms with Gasteiger partial charge in [-0.3, -0.25) is 0 Å². The molecular formula is C13H12NaS. The summed E-state index contributed by atoms with van der Waals surface area (Å²) in [5, 5.41) is 0. The summed E-state index contributed by atoms with van der Waals surface area (Å²) in [4.78, 5) is 1.02. The zero-order chi connectivity index (χ0) is 9.80. The van der Waals surface area contributed by atoms with Crippen LogP contribution < -0.4 is 0 Å². The van der Waals surface area contributed by atoms with E-state index in [4.69, 9.17) is 0 Å². The molecule has 2 aromatic rings. The van der Waals surface area contributed by atoms with Gasteiger partial charge in [-0.1, -0.05) is 42.5 Å². The molecule has 0 spiro atoms. The van der Waals surface area contributed by atoms with Crippen molar-refractivity contribution in [1.29, 1.82) is 0 Å². The SMILES string of the molecule is Sc1ccc(Cc2ccccc2)cc1.[Na]. The van der Waals surface area contributed by atoms with Crippen molar-refractivity contribution in [2.45, 2.75) is 11.3 Å². The third-order valence-electron chi connectivity index (χ3n) is 2.19. The van der Waals surface area contributed by atoms with Crippen molar-refractivity contribution in [3.8, 4) is 0 Å². The van der Waals surface area contributed by atoms with Crippen molar-refractivity contribution in [3.05, 3.63) is 65.7 Å². The summed E-state index contributed by atoms with van der Waals surface area (Å²) in [6.07, 6.45) is 0.995. The van der Waals surface area contributed by atoms with Crippen molar-refractivity contribution < 1.29 is 0 Å². The van der Waals surface area contributed by atoms with Crippen molar-refractivity contribution in [2.75, 3.05) is 0 Å². The monoisotopic (exact) mass is 223 g/mol. The molecule has 0 aliphatic heterocycles. The van der Waals surface area contributed by atoms with Crippen molar-refractivity contribution in [3.63, 3.8) is 0 Å². The summed E-state index contributed by atoms with van der Waals surface area (Å²) >= 11 is 4.26. The molecular weight excluding hydrogens is 211 g/mol. The van der Waals surface area contributed by atoms with Gasteiger partial charge in [0.1, 0.15) is 0 Å². The van der Waals surface area contributed by atoms with Crippen molar-refractivity contribution >= 4 is 42.2 Å². The zero-order valence-corrected chi connectivity index (χ0v) is 11.7. The van der Waals surface area contributed by atoms with Crippen LogP contribution in [0.15, 0.2) is 59.5 Å². The predicted octanol–water partition coefficient (Wildman–Crippen LogP) is 3.19. The Morgan fingerprint density at radius 3 is 1.87 bits per heavy atom. The fraction of sp³-hybridized carbons (Fsp3) is 0.0769. The van der Waals surface area contributed by atoms with E-state index in [0.29, 0.717) is 0 Å². The molecule has 0 fully saturated rings. The van der Waals surface area contributed by atoms with Crippen LogP contribution in [0.2, 0.25) is 0 Å². The van der Waals surface area contributed by atoms with Gasteiger partial charge in [0, 0.05) is 34.5 Å². The first-order chi connectivity index (χ1) is 6.84. The number of hydrogen-bond acceptors (Lipinski definition) is 1. The van der Waals surface area contributed by atoms with E-state index in [2.05, 4.69) is 49.0 Å². The Balaban J connectivity index is 0.00000112. The van der Waals surface area contributed by atoms with E-state index in [1.54, 1.807) is 0 Å². The normalized spacial score (nSPS) is 9.40. The summed E-state index contributed by atoms with van der Waals surface area (Å²) in [5.74, 6) is 0. The predicted molar refractivity (Wildman–Crippen MR) is 68.7 cm³/mol. The average Bonchev–Trinajstić information content (AvgIpc) is 2.23. The molecule has 0 saturated heterocycles. The van der Waals surface area contributed by atoms with Gasteiger partial charge >= 0.3 is 0 Å². The first-order valence-corrected chi connectivity index (χ1v) is 5.11. The van der Waals surface area contributed by atoms with Crippen LogP contribution in [-0.2, 0) is 6.42 Å². The molecule has 0 N–H and O–H groups in total. The van der Waals surface area contributed by atoms with Crippen LogP contribution in [0, 0.1) is 0 Å². The molecule has 2 heteroatoms. The molecule has 2 aromatic carbocycles. The van der Waals surface area contributed by atoms with Crippen molar-refractivity contribution in [1.82, 2.24) is 0 Å². The molecule has 2 rings (SSSR count).